The van der Waals surface area contributed by atoms with Gasteiger partial charge in [-0.1, -0.05) is 30.8 Å². The first-order chi connectivity index (χ1) is 14.0. The van der Waals surface area contributed by atoms with Crippen LogP contribution in [0.25, 0.3) is 11.0 Å². The van der Waals surface area contributed by atoms with Crippen LogP contribution >= 0.6 is 11.8 Å². The summed E-state index contributed by atoms with van der Waals surface area (Å²) in [5.74, 6) is -0.187. The number of esters is 1. The van der Waals surface area contributed by atoms with Gasteiger partial charge in [0.2, 0.25) is 5.91 Å². The molecule has 0 spiro atoms. The summed E-state index contributed by atoms with van der Waals surface area (Å²) < 4.78 is 7.10. The zero-order valence-electron chi connectivity index (χ0n) is 16.9. The summed E-state index contributed by atoms with van der Waals surface area (Å²) in [4.78, 5) is 28.9. The van der Waals surface area contributed by atoms with Crippen LogP contribution < -0.4 is 5.32 Å². The molecule has 0 fully saturated rings. The summed E-state index contributed by atoms with van der Waals surface area (Å²) in [6.07, 6.45) is 0.967. The number of ether oxygens (including phenoxy) is 1. The molecule has 0 radical (unpaired) electrons. The van der Waals surface area contributed by atoms with Gasteiger partial charge >= 0.3 is 5.97 Å². The number of imidazole rings is 1. The van der Waals surface area contributed by atoms with Crippen LogP contribution in [0, 0.1) is 0 Å². The number of hydrogen-bond donors (Lipinski definition) is 1. The Morgan fingerprint density at radius 2 is 1.86 bits per heavy atom. The van der Waals surface area contributed by atoms with Crippen molar-refractivity contribution in [1.29, 1.82) is 0 Å². The number of anilines is 1. The van der Waals surface area contributed by atoms with Crippen LogP contribution in [-0.4, -0.2) is 33.8 Å². The SMILES string of the molecule is CCOC(=O)c1ccc2c(c1)nc(SCC(=O)Nc1ccc(CC)cc1)n2CC. The highest BCUT2D eigenvalue weighted by Gasteiger charge is 2.15. The number of nitrogens with one attached hydrogen (secondary N) is 1. The zero-order chi connectivity index (χ0) is 20.8. The van der Waals surface area contributed by atoms with Crippen molar-refractivity contribution in [2.75, 3.05) is 17.7 Å². The number of hydrogen-bond acceptors (Lipinski definition) is 5. The summed E-state index contributed by atoms with van der Waals surface area (Å²) in [6, 6.07) is 13.2. The van der Waals surface area contributed by atoms with Gasteiger partial charge in [0.25, 0.3) is 0 Å². The monoisotopic (exact) mass is 411 g/mol. The Balaban J connectivity index is 1.71. The van der Waals surface area contributed by atoms with Gasteiger partial charge in [-0.15, -0.1) is 0 Å². The van der Waals surface area contributed by atoms with Crippen LogP contribution in [-0.2, 0) is 22.5 Å². The van der Waals surface area contributed by atoms with Gasteiger partial charge in [-0.3, -0.25) is 4.79 Å². The second kappa shape index (κ2) is 9.60. The molecule has 0 saturated carbocycles. The minimum atomic E-state index is -0.358. The molecule has 0 aliphatic carbocycles. The molecule has 7 heteroatoms. The number of carbonyl (C=O) groups is 2. The average Bonchev–Trinajstić information content (AvgIpc) is 3.09. The molecule has 0 aliphatic rings. The Morgan fingerprint density at radius 3 is 2.52 bits per heavy atom. The fourth-order valence-electron chi connectivity index (χ4n) is 3.02. The van der Waals surface area contributed by atoms with Crippen molar-refractivity contribution in [3.8, 4) is 0 Å². The van der Waals surface area contributed by atoms with Crippen molar-refractivity contribution >= 4 is 40.4 Å². The van der Waals surface area contributed by atoms with E-state index in [0.29, 0.717) is 12.2 Å². The van der Waals surface area contributed by atoms with Crippen LogP contribution in [0.15, 0.2) is 47.6 Å². The topological polar surface area (TPSA) is 73.2 Å². The molecule has 0 saturated heterocycles. The number of carbonyl (C=O) groups excluding carboxylic acids is 2. The highest BCUT2D eigenvalue weighted by atomic mass is 32.2. The van der Waals surface area contributed by atoms with Crippen LogP contribution in [0.4, 0.5) is 5.69 Å². The number of benzene rings is 2. The first-order valence-electron chi connectivity index (χ1n) is 9.74. The smallest absolute Gasteiger partial charge is 0.338 e. The first-order valence-corrected chi connectivity index (χ1v) is 10.7. The van der Waals surface area contributed by atoms with Crippen LogP contribution in [0.1, 0.15) is 36.7 Å². The number of amides is 1. The van der Waals surface area contributed by atoms with Gasteiger partial charge in [-0.2, -0.15) is 0 Å². The average molecular weight is 412 g/mol. The third kappa shape index (κ3) is 4.98. The Morgan fingerprint density at radius 1 is 1.10 bits per heavy atom. The van der Waals surface area contributed by atoms with E-state index in [2.05, 4.69) is 17.2 Å². The van der Waals surface area contributed by atoms with Crippen LogP contribution in [0.5, 0.6) is 0 Å². The number of nitrogens with zero attached hydrogens (tertiary/aromatic N) is 2. The minimum Gasteiger partial charge on any atom is -0.462 e. The Hall–Kier alpha value is -2.80. The summed E-state index contributed by atoms with van der Waals surface area (Å²) >= 11 is 1.38. The molecule has 1 amide bonds. The summed E-state index contributed by atoms with van der Waals surface area (Å²) in [5, 5.41) is 3.66. The fourth-order valence-corrected chi connectivity index (χ4v) is 3.89. The number of rotatable bonds is 8. The number of fused-ring (bicyclic) bond motifs is 1. The lowest BCUT2D eigenvalue weighted by molar-refractivity contribution is -0.113. The quantitative estimate of drug-likeness (QED) is 0.436. The number of thioether (sulfide) groups is 1. The molecule has 2 aromatic carbocycles. The normalized spacial score (nSPS) is 10.9. The molecule has 1 aromatic heterocycles. The van der Waals surface area contributed by atoms with Crippen LogP contribution in [0.2, 0.25) is 0 Å². The highest BCUT2D eigenvalue weighted by molar-refractivity contribution is 7.99. The van der Waals surface area contributed by atoms with Gasteiger partial charge in [0, 0.05) is 12.2 Å². The summed E-state index contributed by atoms with van der Waals surface area (Å²) in [5.41, 5.74) is 4.14. The maximum absolute atomic E-state index is 12.3. The predicted octanol–water partition coefficient (Wildman–Crippen LogP) is 4.53. The molecule has 1 heterocycles. The zero-order valence-corrected chi connectivity index (χ0v) is 17.7. The second-order valence-electron chi connectivity index (χ2n) is 6.45. The lowest BCUT2D eigenvalue weighted by Gasteiger charge is -2.07. The Kier molecular flexibility index (Phi) is 6.93. The molecule has 29 heavy (non-hydrogen) atoms. The minimum absolute atomic E-state index is 0.0822. The molecule has 0 aliphatic heterocycles. The predicted molar refractivity (Wildman–Crippen MR) is 117 cm³/mol. The van der Waals surface area contributed by atoms with Crippen molar-refractivity contribution in [2.24, 2.45) is 0 Å². The second-order valence-corrected chi connectivity index (χ2v) is 7.39. The van der Waals surface area contributed by atoms with E-state index < -0.39 is 0 Å². The van der Waals surface area contributed by atoms with Gasteiger partial charge in [-0.05, 0) is 56.2 Å². The maximum atomic E-state index is 12.3. The molecule has 152 valence electrons. The van der Waals surface area contributed by atoms with E-state index in [4.69, 9.17) is 4.74 Å². The van der Waals surface area contributed by atoms with E-state index in [0.717, 1.165) is 34.8 Å². The Bertz CT molecular complexity index is 1010. The van der Waals surface area contributed by atoms with Gasteiger partial charge < -0.3 is 14.6 Å². The molecule has 1 N–H and O–H groups in total. The third-order valence-corrected chi connectivity index (χ3v) is 5.50. The molecule has 6 nitrogen and oxygen atoms in total. The highest BCUT2D eigenvalue weighted by Crippen LogP contribution is 2.25. The van der Waals surface area contributed by atoms with E-state index in [1.165, 1.54) is 17.3 Å². The summed E-state index contributed by atoms with van der Waals surface area (Å²) in [6.45, 7) is 6.95. The van der Waals surface area contributed by atoms with E-state index >= 15 is 0 Å². The lowest BCUT2D eigenvalue weighted by Crippen LogP contribution is -2.14. The largest absolute Gasteiger partial charge is 0.462 e. The Labute approximate surface area is 174 Å². The van der Waals surface area contributed by atoms with Gasteiger partial charge in [0.05, 0.1) is 29.0 Å². The van der Waals surface area contributed by atoms with Crippen molar-refractivity contribution in [3.63, 3.8) is 0 Å². The summed E-state index contributed by atoms with van der Waals surface area (Å²) in [7, 11) is 0. The molecule has 3 aromatic rings. The molecular formula is C22H25N3O3S. The molecule has 3 rings (SSSR count). The molecule has 0 atom stereocenters. The maximum Gasteiger partial charge on any atom is 0.338 e. The molecule has 0 unspecified atom stereocenters. The lowest BCUT2D eigenvalue weighted by atomic mass is 10.1. The van der Waals surface area contributed by atoms with Crippen molar-refractivity contribution in [1.82, 2.24) is 9.55 Å². The first kappa shape index (κ1) is 20.9. The molecule has 0 bridgehead atoms. The van der Waals surface area contributed by atoms with E-state index in [1.54, 1.807) is 19.1 Å². The fraction of sp³-hybridized carbons (Fsp3) is 0.318. The number of aryl methyl sites for hydroxylation is 2. The van der Waals surface area contributed by atoms with Gasteiger partial charge in [0.15, 0.2) is 5.16 Å². The van der Waals surface area contributed by atoms with Gasteiger partial charge in [0.1, 0.15) is 0 Å². The van der Waals surface area contributed by atoms with Gasteiger partial charge in [-0.25, -0.2) is 9.78 Å². The van der Waals surface area contributed by atoms with E-state index in [1.807, 2.05) is 41.8 Å². The van der Waals surface area contributed by atoms with Crippen molar-refractivity contribution in [3.05, 3.63) is 53.6 Å². The third-order valence-electron chi connectivity index (χ3n) is 4.52. The van der Waals surface area contributed by atoms with Crippen molar-refractivity contribution < 1.29 is 14.3 Å². The van der Waals surface area contributed by atoms with Crippen molar-refractivity contribution in [2.45, 2.75) is 38.9 Å². The standard InChI is InChI=1S/C22H25N3O3S/c1-4-15-7-10-17(11-8-15)23-20(26)14-29-22-24-18-13-16(21(27)28-6-3)9-12-19(18)25(22)5-2/h7-13H,4-6,14H2,1-3H3,(H,23,26). The number of aromatic nitrogens is 2. The van der Waals surface area contributed by atoms with E-state index in [9.17, 15) is 9.59 Å². The van der Waals surface area contributed by atoms with Crippen LogP contribution in [0.3, 0.4) is 0 Å². The van der Waals surface area contributed by atoms with E-state index in [-0.39, 0.29) is 17.6 Å². The molecular weight excluding hydrogens is 386 g/mol.